The fraction of sp³-hybridized carbons (Fsp3) is 0.400. The highest BCUT2D eigenvalue weighted by atomic mass is 15.2. The van der Waals surface area contributed by atoms with E-state index in [-0.39, 0.29) is 0 Å². The van der Waals surface area contributed by atoms with Crippen molar-refractivity contribution in [2.24, 2.45) is 5.92 Å². The van der Waals surface area contributed by atoms with Gasteiger partial charge in [-0.15, -0.1) is 0 Å². The molecule has 1 unspecified atom stereocenters. The summed E-state index contributed by atoms with van der Waals surface area (Å²) >= 11 is 0. The van der Waals surface area contributed by atoms with Gasteiger partial charge in [0.05, 0.1) is 6.20 Å². The predicted octanol–water partition coefficient (Wildman–Crippen LogP) is 2.50. The summed E-state index contributed by atoms with van der Waals surface area (Å²) in [7, 11) is 0. The first kappa shape index (κ1) is 12.1. The van der Waals surface area contributed by atoms with Gasteiger partial charge in [0.25, 0.3) is 0 Å². The first-order valence-corrected chi connectivity index (χ1v) is 6.74. The molecule has 1 aliphatic rings. The fourth-order valence-corrected chi connectivity index (χ4v) is 2.66. The Morgan fingerprint density at radius 2 is 2.05 bits per heavy atom. The van der Waals surface area contributed by atoms with Gasteiger partial charge in [-0.1, -0.05) is 13.0 Å². The van der Waals surface area contributed by atoms with Crippen LogP contribution in [0, 0.1) is 5.92 Å². The Morgan fingerprint density at radius 1 is 1.21 bits per heavy atom. The second kappa shape index (κ2) is 5.34. The molecule has 19 heavy (non-hydrogen) atoms. The van der Waals surface area contributed by atoms with E-state index in [0.717, 1.165) is 24.8 Å². The summed E-state index contributed by atoms with van der Waals surface area (Å²) < 4.78 is 0. The Balaban J connectivity index is 1.52. The highest BCUT2D eigenvalue weighted by molar-refractivity contribution is 5.38. The first-order chi connectivity index (χ1) is 9.33. The molecule has 3 heterocycles. The number of hydrogen-bond donors (Lipinski definition) is 0. The van der Waals surface area contributed by atoms with E-state index < -0.39 is 0 Å². The normalized spacial score (nSPS) is 17.0. The minimum Gasteiger partial charge on any atom is -0.355 e. The van der Waals surface area contributed by atoms with E-state index in [0.29, 0.717) is 5.92 Å². The fourth-order valence-electron chi connectivity index (χ4n) is 2.66. The third-order valence-corrected chi connectivity index (χ3v) is 3.77. The maximum Gasteiger partial charge on any atom is 0.147 e. The van der Waals surface area contributed by atoms with Gasteiger partial charge in [-0.2, -0.15) is 0 Å². The number of anilines is 1. The molecule has 3 rings (SSSR count). The van der Waals surface area contributed by atoms with E-state index in [9.17, 15) is 0 Å². The zero-order chi connectivity index (χ0) is 13.1. The van der Waals surface area contributed by atoms with Gasteiger partial charge >= 0.3 is 0 Å². The minimum atomic E-state index is 0.572. The number of pyridine rings is 1. The zero-order valence-corrected chi connectivity index (χ0v) is 11.1. The van der Waals surface area contributed by atoms with Crippen LogP contribution in [0.15, 0.2) is 43.1 Å². The molecule has 2 aromatic heterocycles. The quantitative estimate of drug-likeness (QED) is 0.840. The molecule has 1 saturated heterocycles. The topological polar surface area (TPSA) is 41.9 Å². The van der Waals surface area contributed by atoms with Gasteiger partial charge in [-0.3, -0.25) is 9.97 Å². The van der Waals surface area contributed by atoms with Crippen molar-refractivity contribution in [3.63, 3.8) is 0 Å². The summed E-state index contributed by atoms with van der Waals surface area (Å²) in [4.78, 5) is 14.9. The second-order valence-electron chi connectivity index (χ2n) is 5.26. The average Bonchev–Trinajstić information content (AvgIpc) is 2.44. The minimum absolute atomic E-state index is 0.572. The van der Waals surface area contributed by atoms with Crippen LogP contribution in [-0.2, 0) is 0 Å². The number of hydrogen-bond acceptors (Lipinski definition) is 4. The van der Waals surface area contributed by atoms with Crippen molar-refractivity contribution in [3.8, 4) is 0 Å². The third-order valence-electron chi connectivity index (χ3n) is 3.77. The summed E-state index contributed by atoms with van der Waals surface area (Å²) in [6.07, 6.45) is 10.3. The van der Waals surface area contributed by atoms with Gasteiger partial charge in [0.2, 0.25) is 0 Å². The third kappa shape index (κ3) is 2.72. The second-order valence-corrected chi connectivity index (χ2v) is 5.26. The van der Waals surface area contributed by atoms with E-state index in [1.54, 1.807) is 12.4 Å². The highest BCUT2D eigenvalue weighted by Gasteiger charge is 2.29. The Kier molecular flexibility index (Phi) is 3.40. The van der Waals surface area contributed by atoms with Crippen LogP contribution in [0.1, 0.15) is 24.8 Å². The summed E-state index contributed by atoms with van der Waals surface area (Å²) in [5, 5.41) is 0. The lowest BCUT2D eigenvalue weighted by atomic mass is 9.86. The molecule has 0 saturated carbocycles. The van der Waals surface area contributed by atoms with Crippen LogP contribution in [0.4, 0.5) is 5.82 Å². The first-order valence-electron chi connectivity index (χ1n) is 6.74. The molecule has 0 N–H and O–H groups in total. The molecule has 4 nitrogen and oxygen atoms in total. The highest BCUT2D eigenvalue weighted by Crippen LogP contribution is 2.30. The van der Waals surface area contributed by atoms with Crippen molar-refractivity contribution in [1.29, 1.82) is 0 Å². The zero-order valence-electron chi connectivity index (χ0n) is 11.1. The number of rotatable bonds is 4. The average molecular weight is 254 g/mol. The Labute approximate surface area is 113 Å². The van der Waals surface area contributed by atoms with Crippen molar-refractivity contribution >= 4 is 5.82 Å². The van der Waals surface area contributed by atoms with Gasteiger partial charge < -0.3 is 4.90 Å². The molecule has 0 spiro atoms. The van der Waals surface area contributed by atoms with Crippen LogP contribution in [0.3, 0.4) is 0 Å². The standard InChI is InChI=1S/C15H18N4/c1-12(14-3-2-4-16-8-14)7-13-10-19(11-13)15-9-17-5-6-18-15/h2-6,8-9,12-13H,7,10-11H2,1H3. The molecule has 0 amide bonds. The molecule has 1 atom stereocenters. The van der Waals surface area contributed by atoms with Gasteiger partial charge in [0.1, 0.15) is 5.82 Å². The Morgan fingerprint density at radius 3 is 2.74 bits per heavy atom. The van der Waals surface area contributed by atoms with Crippen molar-refractivity contribution in [3.05, 3.63) is 48.7 Å². The van der Waals surface area contributed by atoms with E-state index in [1.807, 2.05) is 24.7 Å². The van der Waals surface area contributed by atoms with Crippen LogP contribution >= 0.6 is 0 Å². The molecule has 0 radical (unpaired) electrons. The maximum absolute atomic E-state index is 4.33. The van der Waals surface area contributed by atoms with Gasteiger partial charge in [-0.25, -0.2) is 4.98 Å². The monoisotopic (exact) mass is 254 g/mol. The van der Waals surface area contributed by atoms with Gasteiger partial charge in [-0.05, 0) is 29.9 Å². The SMILES string of the molecule is CC(CC1CN(c2cnccn2)C1)c1cccnc1. The lowest BCUT2D eigenvalue weighted by molar-refractivity contribution is 0.359. The molecule has 0 aromatic carbocycles. The molecule has 1 aliphatic heterocycles. The van der Waals surface area contributed by atoms with Gasteiger partial charge in [0.15, 0.2) is 0 Å². The largest absolute Gasteiger partial charge is 0.355 e. The number of nitrogens with zero attached hydrogens (tertiary/aromatic N) is 4. The molecule has 2 aromatic rings. The van der Waals surface area contributed by atoms with Crippen molar-refractivity contribution in [1.82, 2.24) is 15.0 Å². The van der Waals surface area contributed by atoms with E-state index in [4.69, 9.17) is 0 Å². The molecular formula is C15H18N4. The molecule has 4 heteroatoms. The van der Waals surface area contributed by atoms with Crippen molar-refractivity contribution in [2.45, 2.75) is 19.3 Å². The summed E-state index contributed by atoms with van der Waals surface area (Å²) in [6, 6.07) is 4.18. The summed E-state index contributed by atoms with van der Waals surface area (Å²) in [5.41, 5.74) is 1.33. The lowest BCUT2D eigenvalue weighted by Gasteiger charge is -2.41. The van der Waals surface area contributed by atoms with Crippen LogP contribution < -0.4 is 4.90 Å². The van der Waals surface area contributed by atoms with Crippen molar-refractivity contribution < 1.29 is 0 Å². The Hall–Kier alpha value is -1.97. The molecular weight excluding hydrogens is 236 g/mol. The van der Waals surface area contributed by atoms with Crippen LogP contribution in [0.2, 0.25) is 0 Å². The smallest absolute Gasteiger partial charge is 0.147 e. The van der Waals surface area contributed by atoms with Crippen LogP contribution in [-0.4, -0.2) is 28.0 Å². The molecule has 0 bridgehead atoms. The predicted molar refractivity (Wildman–Crippen MR) is 75.0 cm³/mol. The molecule has 98 valence electrons. The molecule has 1 fully saturated rings. The Bertz CT molecular complexity index is 508. The number of aromatic nitrogens is 3. The van der Waals surface area contributed by atoms with E-state index in [1.165, 1.54) is 12.0 Å². The summed E-state index contributed by atoms with van der Waals surface area (Å²) in [5.74, 6) is 2.31. The lowest BCUT2D eigenvalue weighted by Crippen LogP contribution is -2.47. The molecule has 0 aliphatic carbocycles. The van der Waals surface area contributed by atoms with E-state index >= 15 is 0 Å². The van der Waals surface area contributed by atoms with Crippen LogP contribution in [0.5, 0.6) is 0 Å². The van der Waals surface area contributed by atoms with Crippen molar-refractivity contribution in [2.75, 3.05) is 18.0 Å². The van der Waals surface area contributed by atoms with E-state index in [2.05, 4.69) is 32.8 Å². The maximum atomic E-state index is 4.33. The van der Waals surface area contributed by atoms with Crippen LogP contribution in [0.25, 0.3) is 0 Å². The summed E-state index contributed by atoms with van der Waals surface area (Å²) in [6.45, 7) is 4.45. The van der Waals surface area contributed by atoms with Gasteiger partial charge in [0, 0.05) is 37.9 Å².